The van der Waals surface area contributed by atoms with Gasteiger partial charge in [-0.2, -0.15) is 0 Å². The third-order valence-electron chi connectivity index (χ3n) is 4.85. The SMILES string of the molecule is O=C(COC(=O)CCCNS(=O)(=O)c1ccc2c(c1)OCCO2)NCCCc1ccccc1. The lowest BCUT2D eigenvalue weighted by Crippen LogP contribution is -2.30. The Bertz CT molecular complexity index is 1040. The minimum atomic E-state index is -3.75. The van der Waals surface area contributed by atoms with E-state index in [0.717, 1.165) is 12.8 Å². The van der Waals surface area contributed by atoms with Crippen LogP contribution in [0.25, 0.3) is 0 Å². The highest BCUT2D eigenvalue weighted by atomic mass is 32.2. The maximum atomic E-state index is 12.4. The van der Waals surface area contributed by atoms with Gasteiger partial charge in [-0.3, -0.25) is 9.59 Å². The van der Waals surface area contributed by atoms with Gasteiger partial charge in [0.05, 0.1) is 4.90 Å². The van der Waals surface area contributed by atoms with E-state index in [1.54, 1.807) is 6.07 Å². The van der Waals surface area contributed by atoms with Crippen LogP contribution in [-0.2, 0) is 30.8 Å². The van der Waals surface area contributed by atoms with Crippen LogP contribution in [0.3, 0.4) is 0 Å². The summed E-state index contributed by atoms with van der Waals surface area (Å²) in [6, 6.07) is 14.3. The van der Waals surface area contributed by atoms with Crippen molar-refractivity contribution in [3.05, 3.63) is 54.1 Å². The minimum absolute atomic E-state index is 0.00898. The molecule has 0 radical (unpaired) electrons. The van der Waals surface area contributed by atoms with E-state index in [1.807, 2.05) is 30.3 Å². The zero-order chi connectivity index (χ0) is 23.5. The molecule has 0 saturated carbocycles. The molecule has 0 atom stereocenters. The molecule has 1 aliphatic heterocycles. The molecule has 0 bridgehead atoms. The van der Waals surface area contributed by atoms with Crippen molar-refractivity contribution in [2.45, 2.75) is 30.6 Å². The molecule has 0 spiro atoms. The van der Waals surface area contributed by atoms with Crippen molar-refractivity contribution in [2.24, 2.45) is 0 Å². The lowest BCUT2D eigenvalue weighted by Gasteiger charge is -2.18. The van der Waals surface area contributed by atoms with Gasteiger partial charge in [0.1, 0.15) is 13.2 Å². The van der Waals surface area contributed by atoms with Crippen molar-refractivity contribution in [1.82, 2.24) is 10.0 Å². The Morgan fingerprint density at radius 3 is 2.48 bits per heavy atom. The normalized spacial score (nSPS) is 12.7. The number of aryl methyl sites for hydroxylation is 1. The van der Waals surface area contributed by atoms with E-state index in [-0.39, 0.29) is 36.8 Å². The Morgan fingerprint density at radius 2 is 1.70 bits per heavy atom. The summed E-state index contributed by atoms with van der Waals surface area (Å²) < 4.78 is 43.0. The van der Waals surface area contributed by atoms with Gasteiger partial charge in [0.25, 0.3) is 5.91 Å². The number of sulfonamides is 1. The van der Waals surface area contributed by atoms with Gasteiger partial charge < -0.3 is 19.5 Å². The predicted octanol–water partition coefficient (Wildman–Crippen LogP) is 1.81. The standard InChI is InChI=1S/C23H28N2O7S/c26-22(24-12-4-8-18-6-2-1-3-7-18)17-32-23(27)9-5-13-25-33(28,29)19-10-11-20-21(16-19)31-15-14-30-20/h1-3,6-7,10-11,16,25H,4-5,8-9,12-15,17H2,(H,24,26). The molecule has 0 aliphatic carbocycles. The molecule has 2 N–H and O–H groups in total. The van der Waals surface area contributed by atoms with E-state index in [2.05, 4.69) is 10.0 Å². The fourth-order valence-corrected chi connectivity index (χ4v) is 4.24. The van der Waals surface area contributed by atoms with Crippen LogP contribution in [0.5, 0.6) is 11.5 Å². The molecule has 1 aliphatic rings. The summed E-state index contributed by atoms with van der Waals surface area (Å²) in [6.45, 7) is 0.971. The lowest BCUT2D eigenvalue weighted by molar-refractivity contribution is -0.148. The minimum Gasteiger partial charge on any atom is -0.486 e. The Hall–Kier alpha value is -3.11. The molecule has 0 unspecified atom stereocenters. The molecule has 33 heavy (non-hydrogen) atoms. The summed E-state index contributed by atoms with van der Waals surface area (Å²) >= 11 is 0. The van der Waals surface area contributed by atoms with Crippen LogP contribution in [0.1, 0.15) is 24.8 Å². The van der Waals surface area contributed by atoms with Gasteiger partial charge >= 0.3 is 5.97 Å². The zero-order valence-electron chi connectivity index (χ0n) is 18.2. The van der Waals surface area contributed by atoms with Crippen molar-refractivity contribution in [2.75, 3.05) is 32.9 Å². The maximum absolute atomic E-state index is 12.4. The van der Waals surface area contributed by atoms with E-state index < -0.39 is 16.0 Å². The number of ether oxygens (including phenoxy) is 3. The molecule has 1 amide bonds. The topological polar surface area (TPSA) is 120 Å². The number of nitrogens with one attached hydrogen (secondary N) is 2. The Kier molecular flexibility index (Phi) is 9.08. The predicted molar refractivity (Wildman–Crippen MR) is 121 cm³/mol. The smallest absolute Gasteiger partial charge is 0.306 e. The fourth-order valence-electron chi connectivity index (χ4n) is 3.15. The number of rotatable bonds is 12. The highest BCUT2D eigenvalue weighted by molar-refractivity contribution is 7.89. The summed E-state index contributed by atoms with van der Waals surface area (Å²) in [6.07, 6.45) is 1.86. The van der Waals surface area contributed by atoms with Crippen LogP contribution in [-0.4, -0.2) is 53.2 Å². The van der Waals surface area contributed by atoms with Crippen LogP contribution in [0, 0.1) is 0 Å². The average Bonchev–Trinajstić information content (AvgIpc) is 2.83. The van der Waals surface area contributed by atoms with Crippen molar-refractivity contribution in [3.8, 4) is 11.5 Å². The molecule has 0 aromatic heterocycles. The first-order valence-corrected chi connectivity index (χ1v) is 12.3. The monoisotopic (exact) mass is 476 g/mol. The summed E-state index contributed by atoms with van der Waals surface area (Å²) in [5.41, 5.74) is 1.20. The molecular formula is C23H28N2O7S. The molecular weight excluding hydrogens is 448 g/mol. The second-order valence-corrected chi connectivity index (χ2v) is 9.17. The van der Waals surface area contributed by atoms with Gasteiger partial charge in [-0.15, -0.1) is 0 Å². The number of benzene rings is 2. The molecule has 3 rings (SSSR count). The number of hydrogen-bond donors (Lipinski definition) is 2. The Balaban J connectivity index is 1.28. The largest absolute Gasteiger partial charge is 0.486 e. The lowest BCUT2D eigenvalue weighted by atomic mass is 10.1. The number of hydrogen-bond acceptors (Lipinski definition) is 7. The molecule has 1 heterocycles. The van der Waals surface area contributed by atoms with Crippen LogP contribution < -0.4 is 19.5 Å². The summed E-state index contributed by atoms with van der Waals surface area (Å²) in [5, 5.41) is 2.71. The summed E-state index contributed by atoms with van der Waals surface area (Å²) in [5.74, 6) is -0.0436. The van der Waals surface area contributed by atoms with Gasteiger partial charge in [0.2, 0.25) is 10.0 Å². The number of fused-ring (bicyclic) bond motifs is 1. The van der Waals surface area contributed by atoms with Crippen LogP contribution in [0.4, 0.5) is 0 Å². The first-order valence-electron chi connectivity index (χ1n) is 10.8. The third kappa shape index (κ3) is 8.07. The number of esters is 1. The number of amides is 1. The van der Waals surface area contributed by atoms with Gasteiger partial charge in [0, 0.05) is 25.6 Å². The Labute approximate surface area is 193 Å². The number of carbonyl (C=O) groups is 2. The maximum Gasteiger partial charge on any atom is 0.306 e. The van der Waals surface area contributed by atoms with Crippen molar-refractivity contribution in [3.63, 3.8) is 0 Å². The van der Waals surface area contributed by atoms with Gasteiger partial charge in [-0.05, 0) is 37.0 Å². The fraction of sp³-hybridized carbons (Fsp3) is 0.391. The summed E-state index contributed by atoms with van der Waals surface area (Å²) in [7, 11) is -3.75. The first kappa shape index (κ1) is 24.5. The van der Waals surface area contributed by atoms with E-state index >= 15 is 0 Å². The molecule has 10 heteroatoms. The highest BCUT2D eigenvalue weighted by Crippen LogP contribution is 2.32. The zero-order valence-corrected chi connectivity index (χ0v) is 19.1. The van der Waals surface area contributed by atoms with Gasteiger partial charge in [-0.25, -0.2) is 13.1 Å². The van der Waals surface area contributed by atoms with E-state index in [0.29, 0.717) is 31.3 Å². The van der Waals surface area contributed by atoms with Crippen molar-refractivity contribution in [1.29, 1.82) is 0 Å². The van der Waals surface area contributed by atoms with Gasteiger partial charge in [-0.1, -0.05) is 30.3 Å². The molecule has 0 saturated heterocycles. The first-order chi connectivity index (χ1) is 15.9. The molecule has 0 fully saturated rings. The molecule has 2 aromatic rings. The van der Waals surface area contributed by atoms with Gasteiger partial charge in [0.15, 0.2) is 18.1 Å². The Morgan fingerprint density at radius 1 is 0.939 bits per heavy atom. The molecule has 2 aromatic carbocycles. The second kappa shape index (κ2) is 12.2. The molecule has 9 nitrogen and oxygen atoms in total. The third-order valence-corrected chi connectivity index (χ3v) is 6.30. The van der Waals surface area contributed by atoms with Crippen LogP contribution in [0.15, 0.2) is 53.4 Å². The van der Waals surface area contributed by atoms with Crippen LogP contribution >= 0.6 is 0 Å². The number of carbonyl (C=O) groups excluding carboxylic acids is 2. The van der Waals surface area contributed by atoms with E-state index in [1.165, 1.54) is 17.7 Å². The van der Waals surface area contributed by atoms with Crippen molar-refractivity contribution < 1.29 is 32.2 Å². The second-order valence-electron chi connectivity index (χ2n) is 7.41. The highest BCUT2D eigenvalue weighted by Gasteiger charge is 2.19. The quantitative estimate of drug-likeness (QED) is 0.354. The van der Waals surface area contributed by atoms with E-state index in [9.17, 15) is 18.0 Å². The van der Waals surface area contributed by atoms with Crippen molar-refractivity contribution >= 4 is 21.9 Å². The molecule has 178 valence electrons. The summed E-state index contributed by atoms with van der Waals surface area (Å²) in [4.78, 5) is 23.6. The van der Waals surface area contributed by atoms with E-state index in [4.69, 9.17) is 14.2 Å². The average molecular weight is 477 g/mol. The van der Waals surface area contributed by atoms with Crippen LogP contribution in [0.2, 0.25) is 0 Å².